The van der Waals surface area contributed by atoms with Crippen LogP contribution in [0.3, 0.4) is 0 Å². The van der Waals surface area contributed by atoms with Gasteiger partial charge in [-0.25, -0.2) is 4.79 Å². The van der Waals surface area contributed by atoms with Crippen molar-refractivity contribution in [2.24, 2.45) is 17.4 Å². The lowest BCUT2D eigenvalue weighted by molar-refractivity contribution is -0.147. The first kappa shape index (κ1) is 26.8. The van der Waals surface area contributed by atoms with Crippen molar-refractivity contribution < 1.29 is 39.0 Å². The molecule has 13 heteroatoms. The normalized spacial score (nSPS) is 18.5. The molecular formula is C19H31N5O8. The van der Waals surface area contributed by atoms with Crippen LogP contribution in [0.5, 0.6) is 0 Å². The van der Waals surface area contributed by atoms with Crippen molar-refractivity contribution in [3.63, 3.8) is 0 Å². The molecule has 0 aromatic carbocycles. The van der Waals surface area contributed by atoms with E-state index in [1.54, 1.807) is 13.8 Å². The maximum atomic E-state index is 13.0. The third-order valence-corrected chi connectivity index (χ3v) is 5.10. The fraction of sp³-hybridized carbons (Fsp3) is 0.684. The molecule has 1 fully saturated rings. The molecule has 0 spiro atoms. The minimum atomic E-state index is -1.49. The zero-order valence-electron chi connectivity index (χ0n) is 18.1. The van der Waals surface area contributed by atoms with E-state index in [1.807, 2.05) is 0 Å². The number of aliphatic carboxylic acids is 2. The number of carboxylic acids is 2. The zero-order chi connectivity index (χ0) is 24.6. The second kappa shape index (κ2) is 12.0. The lowest BCUT2D eigenvalue weighted by Gasteiger charge is -2.30. The molecule has 1 rings (SSSR count). The van der Waals surface area contributed by atoms with Gasteiger partial charge in [0.2, 0.25) is 23.6 Å². The highest BCUT2D eigenvalue weighted by atomic mass is 16.4. The highest BCUT2D eigenvalue weighted by molar-refractivity contribution is 5.96. The number of nitrogens with one attached hydrogen (secondary N) is 2. The molecule has 0 aromatic rings. The number of nitrogens with zero attached hydrogens (tertiary/aromatic N) is 1. The highest BCUT2D eigenvalue weighted by Gasteiger charge is 2.40. The van der Waals surface area contributed by atoms with Crippen LogP contribution >= 0.6 is 0 Å². The third-order valence-electron chi connectivity index (χ3n) is 5.10. The second-order valence-electron chi connectivity index (χ2n) is 8.03. The van der Waals surface area contributed by atoms with Crippen molar-refractivity contribution in [2.45, 2.75) is 70.1 Å². The summed E-state index contributed by atoms with van der Waals surface area (Å²) < 4.78 is 0. The van der Waals surface area contributed by atoms with Gasteiger partial charge in [-0.05, 0) is 25.2 Å². The summed E-state index contributed by atoms with van der Waals surface area (Å²) in [6, 6.07) is -4.84. The van der Waals surface area contributed by atoms with Crippen LogP contribution in [0, 0.1) is 5.92 Å². The maximum Gasteiger partial charge on any atom is 0.326 e. The van der Waals surface area contributed by atoms with Gasteiger partial charge in [0.25, 0.3) is 0 Å². The molecule has 0 bridgehead atoms. The van der Waals surface area contributed by atoms with Crippen molar-refractivity contribution in [3.8, 4) is 0 Å². The first-order valence-electron chi connectivity index (χ1n) is 10.2. The molecule has 32 heavy (non-hydrogen) atoms. The summed E-state index contributed by atoms with van der Waals surface area (Å²) >= 11 is 0. The molecule has 13 nitrogen and oxygen atoms in total. The van der Waals surface area contributed by atoms with Crippen molar-refractivity contribution in [1.82, 2.24) is 15.5 Å². The van der Waals surface area contributed by atoms with Crippen molar-refractivity contribution in [3.05, 3.63) is 0 Å². The van der Waals surface area contributed by atoms with Crippen LogP contribution in [-0.4, -0.2) is 81.4 Å². The van der Waals surface area contributed by atoms with Crippen LogP contribution in [-0.2, 0) is 28.8 Å². The topological polar surface area (TPSA) is 222 Å². The van der Waals surface area contributed by atoms with Crippen molar-refractivity contribution in [2.75, 3.05) is 6.54 Å². The summed E-state index contributed by atoms with van der Waals surface area (Å²) in [6.07, 6.45) is -0.304. The fourth-order valence-corrected chi connectivity index (χ4v) is 3.35. The average molecular weight is 457 g/mol. The Balaban J connectivity index is 2.94. The zero-order valence-corrected chi connectivity index (χ0v) is 18.1. The number of likely N-dealkylation sites (tertiary alicyclic amines) is 1. The number of hydrogen-bond donors (Lipinski definition) is 6. The molecule has 1 aliphatic rings. The van der Waals surface area contributed by atoms with Crippen LogP contribution in [0.1, 0.15) is 46.0 Å². The lowest BCUT2D eigenvalue weighted by Crippen LogP contribution is -2.57. The molecule has 1 aliphatic heterocycles. The molecule has 0 aliphatic carbocycles. The summed E-state index contributed by atoms with van der Waals surface area (Å²) in [5.74, 6) is -5.95. The van der Waals surface area contributed by atoms with Crippen molar-refractivity contribution >= 4 is 35.6 Å². The summed E-state index contributed by atoms with van der Waals surface area (Å²) in [4.78, 5) is 72.6. The lowest BCUT2D eigenvalue weighted by atomic mass is 10.0. The van der Waals surface area contributed by atoms with Crippen LogP contribution in [0.15, 0.2) is 0 Å². The molecular weight excluding hydrogens is 426 g/mol. The molecule has 8 N–H and O–H groups in total. The van der Waals surface area contributed by atoms with E-state index < -0.39 is 72.1 Å². The largest absolute Gasteiger partial charge is 0.481 e. The molecule has 1 heterocycles. The molecule has 0 aromatic heterocycles. The van der Waals surface area contributed by atoms with Gasteiger partial charge in [-0.15, -0.1) is 0 Å². The molecule has 4 amide bonds. The van der Waals surface area contributed by atoms with E-state index >= 15 is 0 Å². The Bertz CT molecular complexity index is 756. The Labute approximate surface area is 184 Å². The summed E-state index contributed by atoms with van der Waals surface area (Å²) in [5.41, 5.74) is 10.7. The van der Waals surface area contributed by atoms with E-state index in [0.29, 0.717) is 6.42 Å². The van der Waals surface area contributed by atoms with E-state index in [2.05, 4.69) is 10.6 Å². The summed E-state index contributed by atoms with van der Waals surface area (Å²) in [7, 11) is 0. The van der Waals surface area contributed by atoms with E-state index in [9.17, 15) is 33.9 Å². The molecule has 180 valence electrons. The number of nitrogens with two attached hydrogens (primary N) is 2. The van der Waals surface area contributed by atoms with Crippen LogP contribution < -0.4 is 22.1 Å². The van der Waals surface area contributed by atoms with Gasteiger partial charge in [0.15, 0.2) is 0 Å². The van der Waals surface area contributed by atoms with Crippen molar-refractivity contribution in [1.29, 1.82) is 0 Å². The first-order chi connectivity index (χ1) is 14.8. The Morgan fingerprint density at radius 1 is 1.09 bits per heavy atom. The SMILES string of the molecule is CC(C)C(NC(=O)C1CCCN1C(=O)C(CC(=O)O)NC(=O)C(N)CCC(N)=O)C(=O)O. The Morgan fingerprint density at radius 2 is 1.72 bits per heavy atom. The Morgan fingerprint density at radius 3 is 2.22 bits per heavy atom. The number of carbonyl (C=O) groups is 6. The molecule has 1 saturated heterocycles. The minimum absolute atomic E-state index is 0.0876. The van der Waals surface area contributed by atoms with E-state index in [-0.39, 0.29) is 25.8 Å². The van der Waals surface area contributed by atoms with E-state index in [4.69, 9.17) is 16.6 Å². The van der Waals surface area contributed by atoms with Crippen LogP contribution in [0.25, 0.3) is 0 Å². The average Bonchev–Trinajstić information content (AvgIpc) is 3.17. The summed E-state index contributed by atoms with van der Waals surface area (Å²) in [6.45, 7) is 3.38. The first-order valence-corrected chi connectivity index (χ1v) is 10.2. The predicted molar refractivity (Wildman–Crippen MR) is 110 cm³/mol. The Hall–Kier alpha value is -3.22. The summed E-state index contributed by atoms with van der Waals surface area (Å²) in [5, 5.41) is 23.1. The molecule has 4 unspecified atom stereocenters. The highest BCUT2D eigenvalue weighted by Crippen LogP contribution is 2.20. The number of rotatable bonds is 12. The van der Waals surface area contributed by atoms with Gasteiger partial charge in [0, 0.05) is 13.0 Å². The van der Waals surface area contributed by atoms with Gasteiger partial charge in [0.05, 0.1) is 12.5 Å². The standard InChI is InChI=1S/C19H31N5O8/c1-9(2)15(19(31)32)23-17(29)12-4-3-7-24(12)18(30)11(8-14(26)27)22-16(28)10(20)5-6-13(21)25/h9-12,15H,3-8,20H2,1-2H3,(H2,21,25)(H,22,28)(H,23,29)(H,26,27)(H,31,32). The quantitative estimate of drug-likeness (QED) is 0.186. The molecule has 0 saturated carbocycles. The monoisotopic (exact) mass is 457 g/mol. The molecule has 0 radical (unpaired) electrons. The van der Waals surface area contributed by atoms with Gasteiger partial charge in [0.1, 0.15) is 18.1 Å². The fourth-order valence-electron chi connectivity index (χ4n) is 3.35. The maximum absolute atomic E-state index is 13.0. The van der Waals surface area contributed by atoms with Crippen LogP contribution in [0.4, 0.5) is 0 Å². The second-order valence-corrected chi connectivity index (χ2v) is 8.03. The minimum Gasteiger partial charge on any atom is -0.481 e. The number of carbonyl (C=O) groups excluding carboxylic acids is 4. The van der Waals surface area contributed by atoms with Crippen LogP contribution in [0.2, 0.25) is 0 Å². The van der Waals surface area contributed by atoms with Gasteiger partial charge in [-0.1, -0.05) is 13.8 Å². The third kappa shape index (κ3) is 7.80. The smallest absolute Gasteiger partial charge is 0.326 e. The number of carboxylic acid groups (broad SMARTS) is 2. The predicted octanol–water partition coefficient (Wildman–Crippen LogP) is -2.24. The molecule has 4 atom stereocenters. The van der Waals surface area contributed by atoms with Gasteiger partial charge < -0.3 is 37.2 Å². The van der Waals surface area contributed by atoms with Gasteiger partial charge in [-0.2, -0.15) is 0 Å². The number of primary amides is 1. The number of hydrogen-bond acceptors (Lipinski definition) is 7. The Kier molecular flexibility index (Phi) is 10.0. The van der Waals surface area contributed by atoms with Gasteiger partial charge in [-0.3, -0.25) is 24.0 Å². The van der Waals surface area contributed by atoms with E-state index in [0.717, 1.165) is 4.90 Å². The number of amides is 4. The van der Waals surface area contributed by atoms with E-state index in [1.165, 1.54) is 0 Å². The van der Waals surface area contributed by atoms with Gasteiger partial charge >= 0.3 is 11.9 Å².